The maximum absolute atomic E-state index is 12.6. The van der Waals surface area contributed by atoms with Crippen LogP contribution in [0.3, 0.4) is 0 Å². The summed E-state index contributed by atoms with van der Waals surface area (Å²) in [5.74, 6) is 3.37. The van der Waals surface area contributed by atoms with Crippen molar-refractivity contribution in [2.75, 3.05) is 19.8 Å². The third-order valence-electron chi connectivity index (χ3n) is 4.34. The van der Waals surface area contributed by atoms with E-state index in [2.05, 4.69) is 5.92 Å². The molecule has 7 heteroatoms. The van der Waals surface area contributed by atoms with E-state index in [-0.39, 0.29) is 30.9 Å². The Morgan fingerprint density at radius 1 is 1.17 bits per heavy atom. The van der Waals surface area contributed by atoms with Crippen LogP contribution in [0.15, 0.2) is 42.5 Å². The minimum Gasteiger partial charge on any atom is -0.492 e. The van der Waals surface area contributed by atoms with Gasteiger partial charge in [-0.1, -0.05) is 53.0 Å². The Morgan fingerprint density at radius 3 is 2.62 bits per heavy atom. The van der Waals surface area contributed by atoms with Gasteiger partial charge in [0, 0.05) is 0 Å². The van der Waals surface area contributed by atoms with E-state index in [4.69, 9.17) is 27.5 Å². The minimum absolute atomic E-state index is 0.129. The van der Waals surface area contributed by atoms with Crippen LogP contribution in [0.2, 0.25) is 5.02 Å². The summed E-state index contributed by atoms with van der Waals surface area (Å²) < 4.78 is 11.0. The molecule has 1 atom stereocenters. The zero-order valence-corrected chi connectivity index (χ0v) is 17.5. The topological polar surface area (TPSA) is 55.8 Å². The second-order valence-corrected chi connectivity index (χ2v) is 8.05. The number of benzene rings is 2. The van der Waals surface area contributed by atoms with Crippen molar-refractivity contribution in [2.24, 2.45) is 0 Å². The third kappa shape index (κ3) is 5.47. The molecule has 0 aliphatic carbocycles. The van der Waals surface area contributed by atoms with Gasteiger partial charge in [0.25, 0.3) is 5.24 Å². The summed E-state index contributed by atoms with van der Waals surface area (Å²) in [5, 5.41) is -0.314. The molecule has 1 heterocycles. The molecule has 0 spiro atoms. The number of imide groups is 1. The second kappa shape index (κ2) is 9.73. The van der Waals surface area contributed by atoms with Gasteiger partial charge in [0.2, 0.25) is 5.91 Å². The van der Waals surface area contributed by atoms with Gasteiger partial charge in [0.1, 0.15) is 24.7 Å². The number of rotatable bonds is 8. The molecule has 0 unspecified atom stereocenters. The van der Waals surface area contributed by atoms with Crippen LogP contribution >= 0.6 is 23.4 Å². The van der Waals surface area contributed by atoms with Crippen molar-refractivity contribution < 1.29 is 19.1 Å². The predicted octanol–water partition coefficient (Wildman–Crippen LogP) is 4.35. The Kier molecular flexibility index (Phi) is 7.08. The molecule has 0 bridgehead atoms. The van der Waals surface area contributed by atoms with Crippen molar-refractivity contribution in [1.82, 2.24) is 4.90 Å². The van der Waals surface area contributed by atoms with Gasteiger partial charge >= 0.3 is 0 Å². The van der Waals surface area contributed by atoms with E-state index in [1.165, 1.54) is 4.90 Å². The van der Waals surface area contributed by atoms with Gasteiger partial charge in [0.15, 0.2) is 0 Å². The molecule has 1 saturated heterocycles. The van der Waals surface area contributed by atoms with E-state index in [1.807, 2.05) is 37.3 Å². The molecule has 3 rings (SSSR count). The van der Waals surface area contributed by atoms with Crippen LogP contribution in [0.5, 0.6) is 11.5 Å². The molecule has 5 nitrogen and oxygen atoms in total. The number of terminal acetylenes is 1. The second-order valence-electron chi connectivity index (χ2n) is 6.49. The molecule has 1 aliphatic heterocycles. The molecule has 2 aromatic carbocycles. The lowest BCUT2D eigenvalue weighted by molar-refractivity contribution is -0.126. The summed E-state index contributed by atoms with van der Waals surface area (Å²) in [6.45, 7) is 2.59. The van der Waals surface area contributed by atoms with E-state index in [1.54, 1.807) is 12.1 Å². The summed E-state index contributed by atoms with van der Waals surface area (Å²) in [4.78, 5) is 26.2. The summed E-state index contributed by atoms with van der Waals surface area (Å²) in [7, 11) is 0. The first-order valence-electron chi connectivity index (χ1n) is 9.04. The number of ether oxygens (including phenoxy) is 2. The molecule has 29 heavy (non-hydrogen) atoms. The van der Waals surface area contributed by atoms with Gasteiger partial charge in [-0.3, -0.25) is 14.5 Å². The average molecular weight is 430 g/mol. The zero-order chi connectivity index (χ0) is 20.8. The number of thioether (sulfide) groups is 1. The van der Waals surface area contributed by atoms with Gasteiger partial charge < -0.3 is 9.47 Å². The SMILES string of the molecule is C#CCOc1ccc(C[C@H]2SC(=O)N(CCOc3ccc(C)cc3)C2=O)cc1Cl. The number of amides is 2. The first kappa shape index (κ1) is 21.1. The Hall–Kier alpha value is -2.62. The highest BCUT2D eigenvalue weighted by Crippen LogP contribution is 2.32. The van der Waals surface area contributed by atoms with Crippen molar-refractivity contribution >= 4 is 34.5 Å². The fourth-order valence-corrected chi connectivity index (χ4v) is 4.15. The molecule has 1 aliphatic rings. The number of aryl methyl sites for hydroxylation is 1. The lowest BCUT2D eigenvalue weighted by atomic mass is 10.1. The van der Waals surface area contributed by atoms with Gasteiger partial charge in [0.05, 0.1) is 16.8 Å². The summed E-state index contributed by atoms with van der Waals surface area (Å²) in [5.41, 5.74) is 1.98. The smallest absolute Gasteiger partial charge is 0.289 e. The number of carbonyl (C=O) groups is 2. The summed E-state index contributed by atoms with van der Waals surface area (Å²) in [6.07, 6.45) is 5.58. The highest BCUT2D eigenvalue weighted by molar-refractivity contribution is 8.15. The molecule has 2 aromatic rings. The lowest BCUT2D eigenvalue weighted by Crippen LogP contribution is -2.35. The van der Waals surface area contributed by atoms with Crippen LogP contribution in [0.1, 0.15) is 11.1 Å². The van der Waals surface area contributed by atoms with Crippen LogP contribution < -0.4 is 9.47 Å². The molecule has 0 N–H and O–H groups in total. The van der Waals surface area contributed by atoms with Crippen molar-refractivity contribution in [1.29, 1.82) is 0 Å². The molecule has 2 amide bonds. The van der Waals surface area contributed by atoms with Gasteiger partial charge in [-0.2, -0.15) is 0 Å². The first-order chi connectivity index (χ1) is 14.0. The van der Waals surface area contributed by atoms with Crippen molar-refractivity contribution in [3.8, 4) is 23.8 Å². The molecule has 0 aromatic heterocycles. The van der Waals surface area contributed by atoms with Crippen molar-refractivity contribution in [2.45, 2.75) is 18.6 Å². The van der Waals surface area contributed by atoms with E-state index >= 15 is 0 Å². The number of hydrogen-bond donors (Lipinski definition) is 0. The third-order valence-corrected chi connectivity index (χ3v) is 5.71. The predicted molar refractivity (Wildman–Crippen MR) is 115 cm³/mol. The highest BCUT2D eigenvalue weighted by Gasteiger charge is 2.39. The van der Waals surface area contributed by atoms with Crippen LogP contribution in [-0.4, -0.2) is 41.1 Å². The maximum atomic E-state index is 12.6. The van der Waals surface area contributed by atoms with E-state index in [9.17, 15) is 9.59 Å². The van der Waals surface area contributed by atoms with Gasteiger partial charge in [-0.25, -0.2) is 0 Å². The Labute approximate surface area is 179 Å². The quantitative estimate of drug-likeness (QED) is 0.584. The highest BCUT2D eigenvalue weighted by atomic mass is 35.5. The minimum atomic E-state index is -0.476. The zero-order valence-electron chi connectivity index (χ0n) is 15.9. The van der Waals surface area contributed by atoms with Crippen molar-refractivity contribution in [3.63, 3.8) is 0 Å². The Morgan fingerprint density at radius 2 is 1.93 bits per heavy atom. The van der Waals surface area contributed by atoms with E-state index in [0.29, 0.717) is 22.9 Å². The monoisotopic (exact) mass is 429 g/mol. The average Bonchev–Trinajstić information content (AvgIpc) is 2.96. The number of halogens is 1. The van der Waals surface area contributed by atoms with E-state index in [0.717, 1.165) is 22.9 Å². The number of carbonyl (C=O) groups excluding carboxylic acids is 2. The molecular weight excluding hydrogens is 410 g/mol. The normalized spacial score (nSPS) is 16.0. The van der Waals surface area contributed by atoms with Crippen LogP contribution in [0.25, 0.3) is 0 Å². The van der Waals surface area contributed by atoms with Crippen LogP contribution in [0, 0.1) is 19.3 Å². The molecule has 150 valence electrons. The molecule has 0 radical (unpaired) electrons. The number of nitrogens with zero attached hydrogens (tertiary/aromatic N) is 1. The fourth-order valence-electron chi connectivity index (χ4n) is 2.84. The molecular formula is C22H20ClNO4S. The standard InChI is InChI=1S/C22H20ClNO4S/c1-3-11-28-19-9-6-16(13-18(19)23)14-20-21(25)24(22(26)29-20)10-12-27-17-7-4-15(2)5-8-17/h1,4-9,13,20H,10-12,14H2,2H3/t20-/m1/s1. The number of hydrogen-bond acceptors (Lipinski definition) is 5. The first-order valence-corrected chi connectivity index (χ1v) is 10.3. The van der Waals surface area contributed by atoms with E-state index < -0.39 is 5.25 Å². The largest absolute Gasteiger partial charge is 0.492 e. The Bertz CT molecular complexity index is 939. The van der Waals surface area contributed by atoms with Crippen LogP contribution in [-0.2, 0) is 11.2 Å². The lowest BCUT2D eigenvalue weighted by Gasteiger charge is -2.15. The summed E-state index contributed by atoms with van der Waals surface area (Å²) in [6, 6.07) is 12.9. The molecule has 0 saturated carbocycles. The van der Waals surface area contributed by atoms with Gasteiger partial charge in [-0.05, 0) is 43.2 Å². The maximum Gasteiger partial charge on any atom is 0.289 e. The van der Waals surface area contributed by atoms with Crippen molar-refractivity contribution in [3.05, 3.63) is 58.6 Å². The Balaban J connectivity index is 1.55. The summed E-state index contributed by atoms with van der Waals surface area (Å²) >= 11 is 7.23. The fraction of sp³-hybridized carbons (Fsp3) is 0.273. The van der Waals surface area contributed by atoms with Crippen LogP contribution in [0.4, 0.5) is 4.79 Å². The van der Waals surface area contributed by atoms with Gasteiger partial charge in [-0.15, -0.1) is 6.42 Å². The molecule has 1 fully saturated rings.